The summed E-state index contributed by atoms with van der Waals surface area (Å²) >= 11 is 13.5. The SMILES string of the molecule is O=C(NCc1ccc(Cl)c(Cl)c1)[C@@H](Sc1ccccc1)c1ccccc1. The fourth-order valence-electron chi connectivity index (χ4n) is 2.47. The summed E-state index contributed by atoms with van der Waals surface area (Å²) in [5.41, 5.74) is 1.87. The summed E-state index contributed by atoms with van der Waals surface area (Å²) in [6.45, 7) is 0.397. The lowest BCUT2D eigenvalue weighted by atomic mass is 10.1. The lowest BCUT2D eigenvalue weighted by Crippen LogP contribution is -2.27. The third-order valence-corrected chi connectivity index (χ3v) is 5.79. The maximum absolute atomic E-state index is 12.9. The maximum Gasteiger partial charge on any atom is 0.238 e. The maximum atomic E-state index is 12.9. The van der Waals surface area contributed by atoms with E-state index in [0.717, 1.165) is 16.0 Å². The predicted octanol–water partition coefficient (Wildman–Crippen LogP) is 6.14. The number of hydrogen-bond donors (Lipinski definition) is 1. The van der Waals surface area contributed by atoms with E-state index in [4.69, 9.17) is 23.2 Å². The molecule has 26 heavy (non-hydrogen) atoms. The number of nitrogens with one attached hydrogen (secondary N) is 1. The van der Waals surface area contributed by atoms with Crippen molar-refractivity contribution >= 4 is 40.9 Å². The molecule has 0 aromatic heterocycles. The van der Waals surface area contributed by atoms with Gasteiger partial charge in [-0.15, -0.1) is 11.8 Å². The summed E-state index contributed by atoms with van der Waals surface area (Å²) in [5, 5.41) is 3.66. The van der Waals surface area contributed by atoms with E-state index < -0.39 is 0 Å². The summed E-state index contributed by atoms with van der Waals surface area (Å²) < 4.78 is 0. The molecule has 132 valence electrons. The van der Waals surface area contributed by atoms with Crippen LogP contribution >= 0.6 is 35.0 Å². The van der Waals surface area contributed by atoms with Crippen LogP contribution in [0.2, 0.25) is 10.0 Å². The molecule has 0 aliphatic heterocycles. The second-order valence-corrected chi connectivity index (χ2v) is 7.68. The molecule has 0 radical (unpaired) electrons. The molecule has 1 amide bonds. The van der Waals surface area contributed by atoms with Crippen LogP contribution in [0.5, 0.6) is 0 Å². The van der Waals surface area contributed by atoms with Gasteiger partial charge in [-0.05, 0) is 35.4 Å². The molecule has 0 heterocycles. The first-order valence-corrected chi connectivity index (χ1v) is 9.75. The van der Waals surface area contributed by atoms with E-state index in [-0.39, 0.29) is 11.2 Å². The predicted molar refractivity (Wildman–Crippen MR) is 110 cm³/mol. The van der Waals surface area contributed by atoms with E-state index in [2.05, 4.69) is 5.32 Å². The van der Waals surface area contributed by atoms with E-state index in [1.54, 1.807) is 12.1 Å². The molecule has 0 bridgehead atoms. The smallest absolute Gasteiger partial charge is 0.238 e. The Morgan fingerprint density at radius 3 is 2.19 bits per heavy atom. The molecule has 3 rings (SSSR count). The first-order chi connectivity index (χ1) is 12.6. The highest BCUT2D eigenvalue weighted by Crippen LogP contribution is 2.35. The van der Waals surface area contributed by atoms with Crippen LogP contribution in [-0.2, 0) is 11.3 Å². The van der Waals surface area contributed by atoms with Crippen LogP contribution < -0.4 is 5.32 Å². The minimum atomic E-state index is -0.332. The van der Waals surface area contributed by atoms with Crippen LogP contribution in [0.4, 0.5) is 0 Å². The molecule has 1 N–H and O–H groups in total. The molecule has 0 spiro atoms. The molecule has 0 unspecified atom stereocenters. The average molecular weight is 402 g/mol. The molecule has 0 aliphatic rings. The average Bonchev–Trinajstić information content (AvgIpc) is 2.68. The molecule has 0 fully saturated rings. The van der Waals surface area contributed by atoms with Crippen molar-refractivity contribution in [2.75, 3.05) is 0 Å². The van der Waals surface area contributed by atoms with Crippen molar-refractivity contribution in [1.29, 1.82) is 0 Å². The number of thioether (sulfide) groups is 1. The van der Waals surface area contributed by atoms with Crippen molar-refractivity contribution in [2.24, 2.45) is 0 Å². The van der Waals surface area contributed by atoms with E-state index in [1.165, 1.54) is 11.8 Å². The van der Waals surface area contributed by atoms with Crippen molar-refractivity contribution in [2.45, 2.75) is 16.7 Å². The van der Waals surface area contributed by atoms with Crippen molar-refractivity contribution in [3.05, 3.63) is 100 Å². The van der Waals surface area contributed by atoms with Crippen LogP contribution in [0.25, 0.3) is 0 Å². The fourth-order valence-corrected chi connectivity index (χ4v) is 3.86. The van der Waals surface area contributed by atoms with Gasteiger partial charge in [-0.1, -0.05) is 77.8 Å². The third kappa shape index (κ3) is 5.04. The van der Waals surface area contributed by atoms with Crippen LogP contribution in [-0.4, -0.2) is 5.91 Å². The lowest BCUT2D eigenvalue weighted by molar-refractivity contribution is -0.120. The van der Waals surface area contributed by atoms with Gasteiger partial charge in [0.2, 0.25) is 5.91 Å². The van der Waals surface area contributed by atoms with Gasteiger partial charge >= 0.3 is 0 Å². The number of carbonyl (C=O) groups is 1. The molecule has 0 saturated heterocycles. The Morgan fingerprint density at radius 2 is 1.54 bits per heavy atom. The van der Waals surface area contributed by atoms with Gasteiger partial charge in [-0.25, -0.2) is 0 Å². The van der Waals surface area contributed by atoms with Gasteiger partial charge in [-0.3, -0.25) is 4.79 Å². The number of benzene rings is 3. The lowest BCUT2D eigenvalue weighted by Gasteiger charge is -2.17. The molecular formula is C21H17Cl2NOS. The van der Waals surface area contributed by atoms with Gasteiger partial charge in [0.25, 0.3) is 0 Å². The summed E-state index contributed by atoms with van der Waals surface area (Å²) in [5.74, 6) is -0.0453. The quantitative estimate of drug-likeness (QED) is 0.502. The summed E-state index contributed by atoms with van der Waals surface area (Å²) in [4.78, 5) is 13.9. The highest BCUT2D eigenvalue weighted by atomic mass is 35.5. The molecule has 1 atom stereocenters. The second-order valence-electron chi connectivity index (χ2n) is 5.69. The van der Waals surface area contributed by atoms with Gasteiger partial charge in [0.05, 0.1) is 10.0 Å². The molecule has 5 heteroatoms. The van der Waals surface area contributed by atoms with Crippen LogP contribution in [0.3, 0.4) is 0 Å². The van der Waals surface area contributed by atoms with Gasteiger partial charge < -0.3 is 5.32 Å². The number of hydrogen-bond acceptors (Lipinski definition) is 2. The second kappa shape index (κ2) is 9.13. The van der Waals surface area contributed by atoms with E-state index in [9.17, 15) is 4.79 Å². The largest absolute Gasteiger partial charge is 0.351 e. The summed E-state index contributed by atoms with van der Waals surface area (Å²) in [6, 6.07) is 25.1. The highest BCUT2D eigenvalue weighted by molar-refractivity contribution is 8.00. The number of rotatable bonds is 6. The zero-order valence-electron chi connectivity index (χ0n) is 13.9. The van der Waals surface area contributed by atoms with E-state index in [1.807, 2.05) is 66.7 Å². The summed E-state index contributed by atoms with van der Waals surface area (Å²) in [7, 11) is 0. The fraction of sp³-hybridized carbons (Fsp3) is 0.0952. The molecule has 2 nitrogen and oxygen atoms in total. The molecule has 0 saturated carbocycles. The zero-order valence-corrected chi connectivity index (χ0v) is 16.2. The Bertz CT molecular complexity index is 872. The first kappa shape index (κ1) is 18.8. The van der Waals surface area contributed by atoms with Gasteiger partial charge in [0.1, 0.15) is 5.25 Å². The minimum absolute atomic E-state index is 0.0453. The van der Waals surface area contributed by atoms with Crippen LogP contribution in [0.15, 0.2) is 83.8 Å². The van der Waals surface area contributed by atoms with Gasteiger partial charge in [0.15, 0.2) is 0 Å². The van der Waals surface area contributed by atoms with Crippen molar-refractivity contribution in [1.82, 2.24) is 5.32 Å². The topological polar surface area (TPSA) is 29.1 Å². The van der Waals surface area contributed by atoms with Gasteiger partial charge in [0, 0.05) is 11.4 Å². The Labute approximate surface area is 167 Å². The molecule has 0 aliphatic carbocycles. The molecule has 3 aromatic rings. The van der Waals surface area contributed by atoms with Gasteiger partial charge in [-0.2, -0.15) is 0 Å². The van der Waals surface area contributed by atoms with E-state index in [0.29, 0.717) is 16.6 Å². The Hall–Kier alpha value is -1.94. The van der Waals surface area contributed by atoms with Crippen LogP contribution in [0, 0.1) is 0 Å². The monoisotopic (exact) mass is 401 g/mol. The Morgan fingerprint density at radius 1 is 0.885 bits per heavy atom. The number of halogens is 2. The third-order valence-electron chi connectivity index (χ3n) is 3.79. The Kier molecular flexibility index (Phi) is 6.62. The minimum Gasteiger partial charge on any atom is -0.351 e. The molecular weight excluding hydrogens is 385 g/mol. The Balaban J connectivity index is 1.75. The van der Waals surface area contributed by atoms with Crippen molar-refractivity contribution < 1.29 is 4.79 Å². The number of amides is 1. The zero-order chi connectivity index (χ0) is 18.4. The van der Waals surface area contributed by atoms with Crippen molar-refractivity contribution in [3.63, 3.8) is 0 Å². The van der Waals surface area contributed by atoms with Crippen LogP contribution in [0.1, 0.15) is 16.4 Å². The first-order valence-electron chi connectivity index (χ1n) is 8.12. The highest BCUT2D eigenvalue weighted by Gasteiger charge is 2.21. The van der Waals surface area contributed by atoms with Crippen molar-refractivity contribution in [3.8, 4) is 0 Å². The number of carbonyl (C=O) groups excluding carboxylic acids is 1. The van der Waals surface area contributed by atoms with E-state index >= 15 is 0 Å². The normalized spacial score (nSPS) is 11.8. The molecule has 3 aromatic carbocycles. The standard InChI is InChI=1S/C21H17Cl2NOS/c22-18-12-11-15(13-19(18)23)14-24-21(25)20(16-7-3-1-4-8-16)26-17-9-5-2-6-10-17/h1-13,20H,14H2,(H,24,25)/t20-/m0/s1. The summed E-state index contributed by atoms with van der Waals surface area (Å²) in [6.07, 6.45) is 0.